The summed E-state index contributed by atoms with van der Waals surface area (Å²) in [5, 5.41) is 10.6. The van der Waals surface area contributed by atoms with Crippen LogP contribution in [0.2, 0.25) is 0 Å². The summed E-state index contributed by atoms with van der Waals surface area (Å²) in [6.45, 7) is 2.56. The summed E-state index contributed by atoms with van der Waals surface area (Å²) in [5.74, 6) is 1.65. The van der Waals surface area contributed by atoms with Gasteiger partial charge in [-0.1, -0.05) is 24.3 Å². The average molecular weight is 349 g/mol. The fourth-order valence-corrected chi connectivity index (χ4v) is 3.08. The molecule has 0 saturated heterocycles. The third kappa shape index (κ3) is 2.92. The molecule has 2 aromatic carbocycles. The molecule has 0 aromatic heterocycles. The Kier molecular flexibility index (Phi) is 4.17. The molecule has 0 radical (unpaired) electrons. The molecule has 4 heteroatoms. The largest absolute Gasteiger partial charge is 0.493 e. The number of benzene rings is 2. The number of rotatable bonds is 4. The number of ether oxygens (including phenoxy) is 2. The van der Waals surface area contributed by atoms with Crippen LogP contribution >= 0.6 is 15.9 Å². The summed E-state index contributed by atoms with van der Waals surface area (Å²) in [6.07, 6.45) is -0.182. The van der Waals surface area contributed by atoms with Gasteiger partial charge >= 0.3 is 0 Å². The van der Waals surface area contributed by atoms with E-state index in [4.69, 9.17) is 9.47 Å². The summed E-state index contributed by atoms with van der Waals surface area (Å²) in [6, 6.07) is 13.6. The van der Waals surface area contributed by atoms with Crippen LogP contribution < -0.4 is 9.47 Å². The summed E-state index contributed by atoms with van der Waals surface area (Å²) < 4.78 is 12.2. The highest BCUT2D eigenvalue weighted by Crippen LogP contribution is 2.36. The van der Waals surface area contributed by atoms with Gasteiger partial charge in [-0.3, -0.25) is 0 Å². The topological polar surface area (TPSA) is 38.7 Å². The first-order chi connectivity index (χ1) is 10.2. The van der Waals surface area contributed by atoms with Crippen LogP contribution in [0, 0.1) is 0 Å². The van der Waals surface area contributed by atoms with Gasteiger partial charge in [0.05, 0.1) is 11.1 Å². The van der Waals surface area contributed by atoms with Gasteiger partial charge < -0.3 is 14.6 Å². The minimum atomic E-state index is -0.663. The van der Waals surface area contributed by atoms with Gasteiger partial charge in [-0.2, -0.15) is 0 Å². The van der Waals surface area contributed by atoms with Crippen molar-refractivity contribution in [3.8, 4) is 11.5 Å². The molecule has 3 rings (SSSR count). The Morgan fingerprint density at radius 1 is 1.33 bits per heavy atom. The van der Waals surface area contributed by atoms with Crippen LogP contribution in [0.5, 0.6) is 11.5 Å². The van der Waals surface area contributed by atoms with E-state index in [0.29, 0.717) is 6.61 Å². The SMILES string of the molecule is CCOc1ccc(C(O)C2Cc3ccccc3O2)cc1Br. The lowest BCUT2D eigenvalue weighted by Gasteiger charge is -2.19. The summed E-state index contributed by atoms with van der Waals surface area (Å²) in [7, 11) is 0. The van der Waals surface area contributed by atoms with Crippen molar-refractivity contribution in [2.24, 2.45) is 0 Å². The standard InChI is InChI=1S/C17H17BrO3/c1-2-20-15-8-7-12(9-13(15)18)17(19)16-10-11-5-3-4-6-14(11)21-16/h3-9,16-17,19H,2,10H2,1H3. The van der Waals surface area contributed by atoms with Crippen LogP contribution in [0.3, 0.4) is 0 Å². The van der Waals surface area contributed by atoms with E-state index in [0.717, 1.165) is 33.5 Å². The molecule has 1 aliphatic heterocycles. The van der Waals surface area contributed by atoms with Gasteiger partial charge in [-0.05, 0) is 52.2 Å². The van der Waals surface area contributed by atoms with Gasteiger partial charge in [-0.25, -0.2) is 0 Å². The maximum Gasteiger partial charge on any atom is 0.133 e. The first-order valence-electron chi connectivity index (χ1n) is 7.04. The predicted octanol–water partition coefficient (Wildman–Crippen LogP) is 3.88. The van der Waals surface area contributed by atoms with E-state index >= 15 is 0 Å². The van der Waals surface area contributed by atoms with Crippen molar-refractivity contribution in [1.82, 2.24) is 0 Å². The maximum absolute atomic E-state index is 10.6. The van der Waals surface area contributed by atoms with Crippen molar-refractivity contribution in [3.63, 3.8) is 0 Å². The van der Waals surface area contributed by atoms with E-state index in [1.165, 1.54) is 0 Å². The molecule has 1 N–H and O–H groups in total. The van der Waals surface area contributed by atoms with Gasteiger partial charge in [-0.15, -0.1) is 0 Å². The third-order valence-corrected chi connectivity index (χ3v) is 4.24. The molecule has 0 amide bonds. The summed E-state index contributed by atoms with van der Waals surface area (Å²) >= 11 is 3.48. The predicted molar refractivity (Wildman–Crippen MR) is 84.8 cm³/mol. The third-order valence-electron chi connectivity index (χ3n) is 3.62. The monoisotopic (exact) mass is 348 g/mol. The van der Waals surface area contributed by atoms with Gasteiger partial charge in [0.25, 0.3) is 0 Å². The second kappa shape index (κ2) is 6.08. The number of hydrogen-bond acceptors (Lipinski definition) is 3. The molecular weight excluding hydrogens is 332 g/mol. The average Bonchev–Trinajstić information content (AvgIpc) is 2.92. The molecule has 0 saturated carbocycles. The van der Waals surface area contributed by atoms with Crippen molar-refractivity contribution in [2.45, 2.75) is 25.6 Å². The second-order valence-corrected chi connectivity index (χ2v) is 5.89. The number of aliphatic hydroxyl groups excluding tert-OH is 1. The number of halogens is 1. The zero-order chi connectivity index (χ0) is 14.8. The van der Waals surface area contributed by atoms with Crippen molar-refractivity contribution >= 4 is 15.9 Å². The normalized spacial score (nSPS) is 18.0. The Balaban J connectivity index is 1.77. The molecule has 1 aliphatic rings. The van der Waals surface area contributed by atoms with Crippen LogP contribution in [0.25, 0.3) is 0 Å². The van der Waals surface area contributed by atoms with Gasteiger partial charge in [0.1, 0.15) is 23.7 Å². The lowest BCUT2D eigenvalue weighted by molar-refractivity contribution is 0.0491. The summed E-state index contributed by atoms with van der Waals surface area (Å²) in [4.78, 5) is 0. The molecule has 0 fully saturated rings. The van der Waals surface area contributed by atoms with E-state index in [1.54, 1.807) is 0 Å². The Morgan fingerprint density at radius 3 is 2.86 bits per heavy atom. The van der Waals surface area contributed by atoms with Crippen LogP contribution in [-0.2, 0) is 6.42 Å². The smallest absolute Gasteiger partial charge is 0.133 e. The minimum Gasteiger partial charge on any atom is -0.493 e. The Hall–Kier alpha value is -1.52. The Morgan fingerprint density at radius 2 is 2.14 bits per heavy atom. The van der Waals surface area contributed by atoms with Crippen molar-refractivity contribution < 1.29 is 14.6 Å². The molecule has 0 bridgehead atoms. The van der Waals surface area contributed by atoms with E-state index in [2.05, 4.69) is 15.9 Å². The fraction of sp³-hybridized carbons (Fsp3) is 0.294. The fourth-order valence-electron chi connectivity index (χ4n) is 2.57. The number of para-hydroxylation sites is 1. The first-order valence-corrected chi connectivity index (χ1v) is 7.83. The van der Waals surface area contributed by atoms with Gasteiger partial charge in [0.2, 0.25) is 0 Å². The molecule has 2 aromatic rings. The molecule has 21 heavy (non-hydrogen) atoms. The molecular formula is C17H17BrO3. The maximum atomic E-state index is 10.6. The van der Waals surface area contributed by atoms with E-state index < -0.39 is 6.10 Å². The molecule has 3 nitrogen and oxygen atoms in total. The lowest BCUT2D eigenvalue weighted by atomic mass is 10.0. The number of fused-ring (bicyclic) bond motifs is 1. The van der Waals surface area contributed by atoms with Crippen molar-refractivity contribution in [3.05, 3.63) is 58.1 Å². The highest BCUT2D eigenvalue weighted by molar-refractivity contribution is 9.10. The lowest BCUT2D eigenvalue weighted by Crippen LogP contribution is -2.23. The minimum absolute atomic E-state index is 0.243. The highest BCUT2D eigenvalue weighted by Gasteiger charge is 2.30. The van der Waals surface area contributed by atoms with Crippen molar-refractivity contribution in [2.75, 3.05) is 6.61 Å². The van der Waals surface area contributed by atoms with Gasteiger partial charge in [0.15, 0.2) is 0 Å². The Labute approximate surface area is 132 Å². The number of aliphatic hydroxyl groups is 1. The molecule has 1 heterocycles. The first kappa shape index (κ1) is 14.4. The molecule has 2 atom stereocenters. The van der Waals surface area contributed by atoms with Crippen LogP contribution in [0.1, 0.15) is 24.2 Å². The van der Waals surface area contributed by atoms with Crippen LogP contribution in [0.15, 0.2) is 46.9 Å². The molecule has 2 unspecified atom stereocenters. The van der Waals surface area contributed by atoms with Crippen LogP contribution in [0.4, 0.5) is 0 Å². The number of hydrogen-bond donors (Lipinski definition) is 1. The molecule has 0 spiro atoms. The molecule has 0 aliphatic carbocycles. The zero-order valence-electron chi connectivity index (χ0n) is 11.8. The van der Waals surface area contributed by atoms with E-state index in [-0.39, 0.29) is 6.10 Å². The van der Waals surface area contributed by atoms with Crippen LogP contribution in [-0.4, -0.2) is 17.8 Å². The van der Waals surface area contributed by atoms with E-state index in [9.17, 15) is 5.11 Å². The summed E-state index contributed by atoms with van der Waals surface area (Å²) in [5.41, 5.74) is 1.97. The zero-order valence-corrected chi connectivity index (χ0v) is 13.3. The van der Waals surface area contributed by atoms with Gasteiger partial charge in [0, 0.05) is 6.42 Å². The highest BCUT2D eigenvalue weighted by atomic mass is 79.9. The molecule has 110 valence electrons. The van der Waals surface area contributed by atoms with E-state index in [1.807, 2.05) is 49.4 Å². The quantitative estimate of drug-likeness (QED) is 0.910. The second-order valence-electron chi connectivity index (χ2n) is 5.04. The van der Waals surface area contributed by atoms with Crippen molar-refractivity contribution in [1.29, 1.82) is 0 Å². The Bertz CT molecular complexity index is 617.